The van der Waals surface area contributed by atoms with Gasteiger partial charge in [-0.2, -0.15) is 12.5 Å². The number of allylic oxidation sites excluding steroid dienone is 4. The van der Waals surface area contributed by atoms with Crippen LogP contribution in [0.2, 0.25) is 0 Å². The SMILES string of the molecule is Cc1cc(C)c([NH-])c(C)c1.[CH2-]c1c(C2=C(C)C=CC2)ccc2ccccc12.[Cl-].[Cl-].[Ti+2]. The fraction of sp³-hybridized carbons (Fsp3) is 0.192. The first-order chi connectivity index (χ1) is 12.9. The van der Waals surface area contributed by atoms with Crippen LogP contribution in [0.1, 0.15) is 41.2 Å². The summed E-state index contributed by atoms with van der Waals surface area (Å²) < 4.78 is 0. The Balaban J connectivity index is 0.000000569. The Morgan fingerprint density at radius 1 is 0.867 bits per heavy atom. The van der Waals surface area contributed by atoms with Gasteiger partial charge in [-0.3, -0.25) is 0 Å². The van der Waals surface area contributed by atoms with Gasteiger partial charge in [0.25, 0.3) is 0 Å². The second kappa shape index (κ2) is 12.3. The number of nitrogens with one attached hydrogen (secondary N) is 1. The van der Waals surface area contributed by atoms with Crippen LogP contribution >= 0.6 is 0 Å². The van der Waals surface area contributed by atoms with E-state index in [2.05, 4.69) is 69.3 Å². The van der Waals surface area contributed by atoms with Crippen LogP contribution in [-0.4, -0.2) is 0 Å². The Bertz CT molecular complexity index is 1040. The van der Waals surface area contributed by atoms with E-state index in [1.807, 2.05) is 26.0 Å². The third kappa shape index (κ3) is 6.19. The molecule has 3 aromatic carbocycles. The number of benzene rings is 3. The third-order valence-electron chi connectivity index (χ3n) is 5.21. The summed E-state index contributed by atoms with van der Waals surface area (Å²) >= 11 is 0. The summed E-state index contributed by atoms with van der Waals surface area (Å²) in [6.07, 6.45) is 5.45. The van der Waals surface area contributed by atoms with Crippen molar-refractivity contribution in [2.75, 3.05) is 0 Å². The van der Waals surface area contributed by atoms with E-state index in [-0.39, 0.29) is 46.5 Å². The number of aryl methyl sites for hydroxylation is 3. The topological polar surface area (TPSA) is 23.8 Å². The summed E-state index contributed by atoms with van der Waals surface area (Å²) in [4.78, 5) is 0. The maximum absolute atomic E-state index is 7.54. The van der Waals surface area contributed by atoms with Crippen molar-refractivity contribution in [3.05, 3.63) is 107 Å². The fourth-order valence-corrected chi connectivity index (χ4v) is 3.74. The molecule has 0 bridgehead atoms. The molecular formula is C26H27Cl2NTi-2. The normalized spacial score (nSPS) is 11.7. The van der Waals surface area contributed by atoms with Crippen molar-refractivity contribution < 1.29 is 46.5 Å². The number of hydrogen-bond acceptors (Lipinski definition) is 0. The Morgan fingerprint density at radius 3 is 2.03 bits per heavy atom. The molecule has 0 aliphatic heterocycles. The number of hydrogen-bond donors (Lipinski definition) is 0. The molecule has 0 heterocycles. The zero-order valence-electron chi connectivity index (χ0n) is 17.9. The molecule has 0 saturated heterocycles. The molecule has 3 aromatic rings. The van der Waals surface area contributed by atoms with Crippen LogP contribution in [0.3, 0.4) is 0 Å². The van der Waals surface area contributed by atoms with Crippen LogP contribution in [-0.2, 0) is 21.7 Å². The van der Waals surface area contributed by atoms with E-state index in [9.17, 15) is 0 Å². The molecule has 30 heavy (non-hydrogen) atoms. The van der Waals surface area contributed by atoms with E-state index in [0.717, 1.165) is 23.1 Å². The second-order valence-corrected chi connectivity index (χ2v) is 7.35. The summed E-state index contributed by atoms with van der Waals surface area (Å²) in [5.74, 6) is 0. The maximum Gasteiger partial charge on any atom is 2.00 e. The molecule has 0 unspecified atom stereocenters. The van der Waals surface area contributed by atoms with Gasteiger partial charge in [-0.25, -0.2) is 0 Å². The standard InChI is InChI=1S/C17H15.C9H12N.2ClH.Ti/c1-12-6-5-9-15(12)17-11-10-14-7-3-4-8-16(14)13(17)2;1-6-4-7(2)9(10)8(3)5-6;;;/h3-8,10-11H,2,9H2,1H3;4-5,10H,1-3H3;2*1H;/q2*-1;;;+2/p-2. The summed E-state index contributed by atoms with van der Waals surface area (Å²) in [6.45, 7) is 12.4. The average molecular weight is 472 g/mol. The van der Waals surface area contributed by atoms with E-state index >= 15 is 0 Å². The van der Waals surface area contributed by atoms with Crippen LogP contribution in [0.25, 0.3) is 22.1 Å². The third-order valence-corrected chi connectivity index (χ3v) is 5.21. The zero-order chi connectivity index (χ0) is 19.6. The predicted octanol–water partition coefficient (Wildman–Crippen LogP) is 2.06. The van der Waals surface area contributed by atoms with Gasteiger partial charge in [0.2, 0.25) is 0 Å². The molecule has 0 atom stereocenters. The first-order valence-electron chi connectivity index (χ1n) is 9.38. The Kier molecular flexibility index (Phi) is 11.6. The summed E-state index contributed by atoms with van der Waals surface area (Å²) in [7, 11) is 0. The van der Waals surface area contributed by atoms with Crippen molar-refractivity contribution in [3.63, 3.8) is 0 Å². The zero-order valence-corrected chi connectivity index (χ0v) is 21.0. The molecule has 4 rings (SSSR count). The minimum atomic E-state index is 0. The van der Waals surface area contributed by atoms with Gasteiger partial charge in [0, 0.05) is 0 Å². The number of fused-ring (bicyclic) bond motifs is 1. The van der Waals surface area contributed by atoms with Crippen LogP contribution in [0.15, 0.2) is 66.3 Å². The molecular weight excluding hydrogens is 445 g/mol. The smallest absolute Gasteiger partial charge is 1.00 e. The van der Waals surface area contributed by atoms with Crippen molar-refractivity contribution >= 4 is 22.0 Å². The molecule has 156 valence electrons. The molecule has 0 radical (unpaired) electrons. The van der Waals surface area contributed by atoms with Crippen molar-refractivity contribution in [3.8, 4) is 0 Å². The Hall–Kier alpha value is -1.64. The van der Waals surface area contributed by atoms with Gasteiger partial charge < -0.3 is 30.5 Å². The first kappa shape index (κ1) is 28.4. The molecule has 0 fully saturated rings. The molecule has 0 amide bonds. The molecule has 0 aromatic heterocycles. The van der Waals surface area contributed by atoms with Crippen molar-refractivity contribution in [1.29, 1.82) is 0 Å². The van der Waals surface area contributed by atoms with E-state index in [1.165, 1.54) is 33.0 Å². The van der Waals surface area contributed by atoms with Crippen LogP contribution in [0, 0.1) is 27.7 Å². The molecule has 4 heteroatoms. The minimum absolute atomic E-state index is 0. The van der Waals surface area contributed by atoms with Crippen LogP contribution < -0.4 is 24.8 Å². The van der Waals surface area contributed by atoms with E-state index < -0.39 is 0 Å². The second-order valence-electron chi connectivity index (χ2n) is 7.35. The Labute approximate surface area is 208 Å². The molecule has 1 N–H and O–H groups in total. The maximum atomic E-state index is 7.54. The fourth-order valence-electron chi connectivity index (χ4n) is 3.74. The van der Waals surface area contributed by atoms with Gasteiger partial charge in [-0.15, -0.1) is 28.8 Å². The van der Waals surface area contributed by atoms with E-state index in [4.69, 9.17) is 5.73 Å². The quantitative estimate of drug-likeness (QED) is 0.383. The first-order valence-corrected chi connectivity index (χ1v) is 9.38. The molecule has 1 nitrogen and oxygen atoms in total. The van der Waals surface area contributed by atoms with Gasteiger partial charge in [-0.1, -0.05) is 81.8 Å². The summed E-state index contributed by atoms with van der Waals surface area (Å²) in [6, 6.07) is 16.9. The molecule has 0 spiro atoms. The van der Waals surface area contributed by atoms with Crippen molar-refractivity contribution in [2.24, 2.45) is 0 Å². The summed E-state index contributed by atoms with van der Waals surface area (Å²) in [5.41, 5.74) is 16.8. The van der Waals surface area contributed by atoms with Crippen molar-refractivity contribution in [2.45, 2.75) is 34.1 Å². The Morgan fingerprint density at radius 2 is 1.47 bits per heavy atom. The predicted molar refractivity (Wildman–Crippen MR) is 119 cm³/mol. The van der Waals surface area contributed by atoms with Crippen LogP contribution in [0.4, 0.5) is 5.69 Å². The van der Waals surface area contributed by atoms with Gasteiger partial charge in [0.05, 0.1) is 0 Å². The monoisotopic (exact) mass is 471 g/mol. The summed E-state index contributed by atoms with van der Waals surface area (Å²) in [5, 5.41) is 2.53. The number of rotatable bonds is 1. The number of halogens is 2. The van der Waals surface area contributed by atoms with Crippen LogP contribution in [0.5, 0.6) is 0 Å². The molecule has 1 aliphatic carbocycles. The molecule has 1 aliphatic rings. The van der Waals surface area contributed by atoms with Gasteiger partial charge in [0.15, 0.2) is 0 Å². The largest absolute Gasteiger partial charge is 2.00 e. The van der Waals surface area contributed by atoms with Crippen molar-refractivity contribution in [1.82, 2.24) is 0 Å². The van der Waals surface area contributed by atoms with E-state index in [0.29, 0.717) is 5.69 Å². The van der Waals surface area contributed by atoms with Gasteiger partial charge in [0.1, 0.15) is 0 Å². The minimum Gasteiger partial charge on any atom is -1.00 e. The van der Waals surface area contributed by atoms with Gasteiger partial charge >= 0.3 is 21.7 Å². The molecule has 0 saturated carbocycles. The average Bonchev–Trinajstić information content (AvgIpc) is 3.06. The van der Waals surface area contributed by atoms with Gasteiger partial charge in [-0.05, 0) is 34.1 Å². The van der Waals surface area contributed by atoms with E-state index in [1.54, 1.807) is 0 Å².